The second kappa shape index (κ2) is 4.35. The molecule has 2 aliphatic rings. The molecule has 2 saturated heterocycles. The van der Waals surface area contributed by atoms with Gasteiger partial charge in [0.1, 0.15) is 11.3 Å². The first-order valence-electron chi connectivity index (χ1n) is 7.26. The van der Waals surface area contributed by atoms with Crippen LogP contribution in [0.2, 0.25) is 0 Å². The fraction of sp³-hybridized carbons (Fsp3) is 0.438. The van der Waals surface area contributed by atoms with Gasteiger partial charge in [-0.15, -0.1) is 0 Å². The molecule has 4 heteroatoms. The van der Waals surface area contributed by atoms with Gasteiger partial charge in [0.15, 0.2) is 0 Å². The van der Waals surface area contributed by atoms with Crippen molar-refractivity contribution in [1.29, 1.82) is 0 Å². The Morgan fingerprint density at radius 1 is 1.35 bits per heavy atom. The lowest BCUT2D eigenvalue weighted by atomic mass is 9.95. The zero-order chi connectivity index (χ0) is 13.7. The van der Waals surface area contributed by atoms with Crippen molar-refractivity contribution in [3.63, 3.8) is 0 Å². The summed E-state index contributed by atoms with van der Waals surface area (Å²) < 4.78 is 5.53. The van der Waals surface area contributed by atoms with Crippen LogP contribution in [0.3, 0.4) is 0 Å². The molecule has 2 aromatic rings. The third kappa shape index (κ3) is 1.91. The molecule has 2 N–H and O–H groups in total. The fourth-order valence-corrected chi connectivity index (χ4v) is 3.55. The first-order valence-corrected chi connectivity index (χ1v) is 7.26. The standard InChI is InChI=1S/C16H18N2O2/c1-9-6-11-7-10(2-5-15(11)20-9)16(19)18-14-8-12-3-4-13(14)17-12/h2,5-7,12-14,17H,3-4,8H2,1H3,(H,18,19). The monoisotopic (exact) mass is 270 g/mol. The summed E-state index contributed by atoms with van der Waals surface area (Å²) in [5, 5.41) is 7.69. The van der Waals surface area contributed by atoms with Crippen LogP contribution in [0.25, 0.3) is 11.0 Å². The van der Waals surface area contributed by atoms with Crippen LogP contribution in [0.4, 0.5) is 0 Å². The summed E-state index contributed by atoms with van der Waals surface area (Å²) in [7, 11) is 0. The molecule has 0 aliphatic carbocycles. The molecular weight excluding hydrogens is 252 g/mol. The van der Waals surface area contributed by atoms with Crippen LogP contribution in [0, 0.1) is 6.92 Å². The predicted molar refractivity (Wildman–Crippen MR) is 76.8 cm³/mol. The molecule has 1 aromatic heterocycles. The lowest BCUT2D eigenvalue weighted by molar-refractivity contribution is 0.0931. The van der Waals surface area contributed by atoms with Gasteiger partial charge in [0.2, 0.25) is 0 Å². The highest BCUT2D eigenvalue weighted by Gasteiger charge is 2.39. The van der Waals surface area contributed by atoms with E-state index in [1.807, 2.05) is 31.2 Å². The third-order valence-electron chi connectivity index (χ3n) is 4.52. The van der Waals surface area contributed by atoms with E-state index in [-0.39, 0.29) is 11.9 Å². The molecule has 0 saturated carbocycles. The molecule has 0 radical (unpaired) electrons. The number of rotatable bonds is 2. The molecule has 4 nitrogen and oxygen atoms in total. The van der Waals surface area contributed by atoms with Gasteiger partial charge in [-0.1, -0.05) is 0 Å². The highest BCUT2D eigenvalue weighted by Crippen LogP contribution is 2.28. The van der Waals surface area contributed by atoms with E-state index in [2.05, 4.69) is 10.6 Å². The molecule has 0 spiro atoms. The van der Waals surface area contributed by atoms with Crippen LogP contribution in [0.15, 0.2) is 28.7 Å². The molecule has 2 fully saturated rings. The minimum absolute atomic E-state index is 0.0186. The van der Waals surface area contributed by atoms with Crippen LogP contribution in [-0.4, -0.2) is 24.0 Å². The van der Waals surface area contributed by atoms with E-state index in [4.69, 9.17) is 4.42 Å². The van der Waals surface area contributed by atoms with Gasteiger partial charge < -0.3 is 15.1 Å². The number of fused-ring (bicyclic) bond motifs is 3. The minimum atomic E-state index is 0.0186. The maximum atomic E-state index is 12.4. The van der Waals surface area contributed by atoms with Crippen LogP contribution in [0.5, 0.6) is 0 Å². The maximum absolute atomic E-state index is 12.4. The van der Waals surface area contributed by atoms with Gasteiger partial charge >= 0.3 is 0 Å². The van der Waals surface area contributed by atoms with Crippen LogP contribution in [-0.2, 0) is 0 Å². The summed E-state index contributed by atoms with van der Waals surface area (Å²) in [5.74, 6) is 0.889. The largest absolute Gasteiger partial charge is 0.461 e. The van der Waals surface area contributed by atoms with E-state index in [9.17, 15) is 4.79 Å². The number of carbonyl (C=O) groups excluding carboxylic acids is 1. The zero-order valence-electron chi connectivity index (χ0n) is 11.5. The van der Waals surface area contributed by atoms with E-state index < -0.39 is 0 Å². The van der Waals surface area contributed by atoms with Crippen molar-refractivity contribution in [1.82, 2.24) is 10.6 Å². The SMILES string of the molecule is Cc1cc2cc(C(=O)NC3CC4CCC3N4)ccc2o1. The number of amides is 1. The summed E-state index contributed by atoms with van der Waals surface area (Å²) in [6, 6.07) is 8.92. The topological polar surface area (TPSA) is 54.3 Å². The van der Waals surface area contributed by atoms with Gasteiger partial charge in [0.25, 0.3) is 5.91 Å². The highest BCUT2D eigenvalue weighted by molar-refractivity contribution is 5.98. The third-order valence-corrected chi connectivity index (χ3v) is 4.52. The molecule has 2 bridgehead atoms. The Morgan fingerprint density at radius 3 is 3.00 bits per heavy atom. The van der Waals surface area contributed by atoms with Crippen molar-refractivity contribution in [3.8, 4) is 0 Å². The first-order chi connectivity index (χ1) is 9.69. The Balaban J connectivity index is 1.54. The summed E-state index contributed by atoms with van der Waals surface area (Å²) in [5.41, 5.74) is 1.54. The number of aryl methyl sites for hydroxylation is 1. The van der Waals surface area contributed by atoms with Gasteiger partial charge in [-0.2, -0.15) is 0 Å². The normalized spacial score (nSPS) is 28.1. The average Bonchev–Trinajstić information content (AvgIpc) is 3.10. The van der Waals surface area contributed by atoms with Crippen molar-refractivity contribution in [2.45, 2.75) is 44.3 Å². The van der Waals surface area contributed by atoms with Crippen molar-refractivity contribution >= 4 is 16.9 Å². The molecule has 3 unspecified atom stereocenters. The van der Waals surface area contributed by atoms with E-state index in [0.29, 0.717) is 17.6 Å². The molecule has 3 heterocycles. The second-order valence-electron chi connectivity index (χ2n) is 5.97. The molecule has 1 amide bonds. The fourth-order valence-electron chi connectivity index (χ4n) is 3.55. The van der Waals surface area contributed by atoms with E-state index in [1.165, 1.54) is 12.8 Å². The molecule has 104 valence electrons. The molecule has 4 rings (SSSR count). The number of benzene rings is 1. The van der Waals surface area contributed by atoms with Crippen molar-refractivity contribution < 1.29 is 9.21 Å². The minimum Gasteiger partial charge on any atom is -0.461 e. The van der Waals surface area contributed by atoms with E-state index in [0.717, 1.165) is 23.2 Å². The molecule has 20 heavy (non-hydrogen) atoms. The van der Waals surface area contributed by atoms with Crippen LogP contribution >= 0.6 is 0 Å². The smallest absolute Gasteiger partial charge is 0.251 e. The van der Waals surface area contributed by atoms with Crippen molar-refractivity contribution in [3.05, 3.63) is 35.6 Å². The van der Waals surface area contributed by atoms with Gasteiger partial charge in [-0.25, -0.2) is 0 Å². The number of hydrogen-bond donors (Lipinski definition) is 2. The van der Waals surface area contributed by atoms with Crippen molar-refractivity contribution in [2.75, 3.05) is 0 Å². The Labute approximate surface area is 117 Å². The molecule has 3 atom stereocenters. The van der Waals surface area contributed by atoms with Crippen molar-refractivity contribution in [2.24, 2.45) is 0 Å². The van der Waals surface area contributed by atoms with E-state index in [1.54, 1.807) is 0 Å². The number of carbonyl (C=O) groups is 1. The van der Waals surface area contributed by atoms with E-state index >= 15 is 0 Å². The molecule has 1 aromatic carbocycles. The Bertz CT molecular complexity index is 676. The van der Waals surface area contributed by atoms with Crippen LogP contribution < -0.4 is 10.6 Å². The number of nitrogens with one attached hydrogen (secondary N) is 2. The summed E-state index contributed by atoms with van der Waals surface area (Å²) >= 11 is 0. The summed E-state index contributed by atoms with van der Waals surface area (Å²) in [4.78, 5) is 12.4. The zero-order valence-corrected chi connectivity index (χ0v) is 11.5. The van der Waals surface area contributed by atoms with Gasteiger partial charge in [-0.05, 0) is 50.5 Å². The predicted octanol–water partition coefficient (Wildman–Crippen LogP) is 2.36. The van der Waals surface area contributed by atoms with Crippen LogP contribution in [0.1, 0.15) is 35.4 Å². The Morgan fingerprint density at radius 2 is 2.25 bits per heavy atom. The Kier molecular flexibility index (Phi) is 2.60. The quantitative estimate of drug-likeness (QED) is 0.881. The number of furan rings is 1. The van der Waals surface area contributed by atoms with Gasteiger partial charge in [-0.3, -0.25) is 4.79 Å². The molecular formula is C16H18N2O2. The van der Waals surface area contributed by atoms with Gasteiger partial charge in [0, 0.05) is 29.1 Å². The lowest BCUT2D eigenvalue weighted by Gasteiger charge is -2.21. The molecule has 2 aliphatic heterocycles. The lowest BCUT2D eigenvalue weighted by Crippen LogP contribution is -2.42. The van der Waals surface area contributed by atoms with Gasteiger partial charge in [0.05, 0.1) is 0 Å². The first kappa shape index (κ1) is 12.0. The Hall–Kier alpha value is -1.81. The maximum Gasteiger partial charge on any atom is 0.251 e. The summed E-state index contributed by atoms with van der Waals surface area (Å²) in [6.07, 6.45) is 3.48. The second-order valence-corrected chi connectivity index (χ2v) is 5.97. The average molecular weight is 270 g/mol. The summed E-state index contributed by atoms with van der Waals surface area (Å²) in [6.45, 7) is 1.92. The number of hydrogen-bond acceptors (Lipinski definition) is 3. The highest BCUT2D eigenvalue weighted by atomic mass is 16.3.